The second-order valence-corrected chi connectivity index (χ2v) is 8.61. The predicted octanol–water partition coefficient (Wildman–Crippen LogP) is 3.12. The van der Waals surface area contributed by atoms with Gasteiger partial charge in [-0.3, -0.25) is 5.10 Å². The first-order valence-electron chi connectivity index (χ1n) is 6.82. The van der Waals surface area contributed by atoms with Crippen LogP contribution in [-0.2, 0) is 10.0 Å². The highest BCUT2D eigenvalue weighted by atomic mass is 35.5. The van der Waals surface area contributed by atoms with E-state index in [-0.39, 0.29) is 10.3 Å². The molecule has 1 unspecified atom stereocenters. The summed E-state index contributed by atoms with van der Waals surface area (Å²) in [5.74, 6) is 0.766. The highest BCUT2D eigenvalue weighted by molar-refractivity contribution is 8.01. The fourth-order valence-electron chi connectivity index (χ4n) is 2.63. The number of benzene rings is 1. The summed E-state index contributed by atoms with van der Waals surface area (Å²) >= 11 is 7.53. The van der Waals surface area contributed by atoms with Crippen molar-refractivity contribution in [2.45, 2.75) is 24.1 Å². The Balaban J connectivity index is 2.01. The number of nitrogens with one attached hydrogen (secondary N) is 1. The first-order chi connectivity index (χ1) is 10.4. The molecule has 0 saturated carbocycles. The van der Waals surface area contributed by atoms with Crippen molar-refractivity contribution in [1.82, 2.24) is 14.5 Å². The standard InChI is InChI=1S/C14H16ClN3O2S2/c1-9-13(10(2)17-16-9)22(19,20)18-7-8-21-14(18)11-3-5-12(15)6-4-11/h3-6,14H,7-8H2,1-2H3,(H,16,17). The molecule has 22 heavy (non-hydrogen) atoms. The van der Waals surface area contributed by atoms with Crippen LogP contribution in [0.1, 0.15) is 22.3 Å². The van der Waals surface area contributed by atoms with Crippen LogP contribution in [0, 0.1) is 13.8 Å². The van der Waals surface area contributed by atoms with E-state index in [1.165, 1.54) is 0 Å². The Labute approximate surface area is 139 Å². The van der Waals surface area contributed by atoms with Gasteiger partial charge >= 0.3 is 0 Å². The van der Waals surface area contributed by atoms with E-state index in [2.05, 4.69) is 10.2 Å². The van der Waals surface area contributed by atoms with Crippen LogP contribution >= 0.6 is 23.4 Å². The monoisotopic (exact) mass is 357 g/mol. The Morgan fingerprint density at radius 3 is 2.59 bits per heavy atom. The highest BCUT2D eigenvalue weighted by Gasteiger charge is 2.39. The van der Waals surface area contributed by atoms with Gasteiger partial charge in [-0.2, -0.15) is 9.40 Å². The van der Waals surface area contributed by atoms with E-state index in [9.17, 15) is 8.42 Å². The molecule has 2 heterocycles. The van der Waals surface area contributed by atoms with Gasteiger partial charge in [0.25, 0.3) is 0 Å². The second kappa shape index (κ2) is 5.88. The first-order valence-corrected chi connectivity index (χ1v) is 9.68. The van der Waals surface area contributed by atoms with Crippen molar-refractivity contribution < 1.29 is 8.42 Å². The minimum absolute atomic E-state index is 0.226. The van der Waals surface area contributed by atoms with Crippen molar-refractivity contribution in [3.63, 3.8) is 0 Å². The maximum Gasteiger partial charge on any atom is 0.248 e. The van der Waals surface area contributed by atoms with Crippen molar-refractivity contribution in [1.29, 1.82) is 0 Å². The average molecular weight is 358 g/mol. The maximum atomic E-state index is 13.0. The summed E-state index contributed by atoms with van der Waals surface area (Å²) in [4.78, 5) is 0.286. The number of rotatable bonds is 3. The minimum Gasteiger partial charge on any atom is -0.281 e. The van der Waals surface area contributed by atoms with Crippen molar-refractivity contribution in [2.24, 2.45) is 0 Å². The number of H-pyrrole nitrogens is 1. The van der Waals surface area contributed by atoms with Gasteiger partial charge in [-0.05, 0) is 31.5 Å². The van der Waals surface area contributed by atoms with E-state index in [0.29, 0.717) is 23.0 Å². The van der Waals surface area contributed by atoms with E-state index in [4.69, 9.17) is 11.6 Å². The normalized spacial score (nSPS) is 19.7. The lowest BCUT2D eigenvalue weighted by atomic mass is 10.2. The van der Waals surface area contributed by atoms with Crippen LogP contribution < -0.4 is 0 Å². The van der Waals surface area contributed by atoms with Gasteiger partial charge in [-0.1, -0.05) is 23.7 Å². The van der Waals surface area contributed by atoms with E-state index in [0.717, 1.165) is 11.3 Å². The highest BCUT2D eigenvalue weighted by Crippen LogP contribution is 2.42. The summed E-state index contributed by atoms with van der Waals surface area (Å²) in [5.41, 5.74) is 2.02. The minimum atomic E-state index is -3.58. The second-order valence-electron chi connectivity index (χ2n) is 5.15. The molecule has 0 radical (unpaired) electrons. The molecule has 5 nitrogen and oxygen atoms in total. The molecule has 118 valence electrons. The Morgan fingerprint density at radius 1 is 1.32 bits per heavy atom. The zero-order valence-electron chi connectivity index (χ0n) is 12.2. The molecule has 1 aliphatic heterocycles. The molecule has 0 amide bonds. The van der Waals surface area contributed by atoms with Crippen molar-refractivity contribution in [2.75, 3.05) is 12.3 Å². The Bertz CT molecular complexity index is 767. The van der Waals surface area contributed by atoms with E-state index in [1.54, 1.807) is 42.0 Å². The molecule has 3 rings (SSSR count). The van der Waals surface area contributed by atoms with Crippen LogP contribution in [0.5, 0.6) is 0 Å². The summed E-state index contributed by atoms with van der Waals surface area (Å²) in [5, 5.41) is 7.17. The van der Waals surface area contributed by atoms with Crippen LogP contribution in [-0.4, -0.2) is 35.2 Å². The smallest absolute Gasteiger partial charge is 0.248 e. The topological polar surface area (TPSA) is 66.1 Å². The fraction of sp³-hybridized carbons (Fsp3) is 0.357. The molecule has 1 atom stereocenters. The quantitative estimate of drug-likeness (QED) is 0.916. The average Bonchev–Trinajstić information content (AvgIpc) is 3.07. The third kappa shape index (κ3) is 2.67. The number of hydrogen-bond donors (Lipinski definition) is 1. The van der Waals surface area contributed by atoms with Crippen molar-refractivity contribution in [3.05, 3.63) is 46.2 Å². The molecule has 8 heteroatoms. The summed E-state index contributed by atoms with van der Waals surface area (Å²) in [7, 11) is -3.58. The predicted molar refractivity (Wildman–Crippen MR) is 88.6 cm³/mol. The number of sulfonamides is 1. The molecule has 1 N–H and O–H groups in total. The first kappa shape index (κ1) is 15.9. The van der Waals surface area contributed by atoms with Gasteiger partial charge in [0.2, 0.25) is 10.0 Å². The number of hydrogen-bond acceptors (Lipinski definition) is 4. The van der Waals surface area contributed by atoms with E-state index < -0.39 is 10.0 Å². The summed E-state index contributed by atoms with van der Waals surface area (Å²) in [6.45, 7) is 3.93. The third-order valence-electron chi connectivity index (χ3n) is 3.63. The summed E-state index contributed by atoms with van der Waals surface area (Å²) < 4.78 is 27.6. The van der Waals surface area contributed by atoms with Gasteiger partial charge < -0.3 is 0 Å². The molecule has 1 aromatic carbocycles. The lowest BCUT2D eigenvalue weighted by molar-refractivity contribution is 0.433. The van der Waals surface area contributed by atoms with Crippen LogP contribution in [0.4, 0.5) is 0 Å². The van der Waals surface area contributed by atoms with Crippen molar-refractivity contribution >= 4 is 33.4 Å². The van der Waals surface area contributed by atoms with Gasteiger partial charge in [0.05, 0.1) is 16.8 Å². The molecule has 2 aromatic rings. The van der Waals surface area contributed by atoms with Gasteiger partial charge in [0.15, 0.2) is 0 Å². The number of aromatic nitrogens is 2. The number of aryl methyl sites for hydroxylation is 2. The molecular weight excluding hydrogens is 342 g/mol. The summed E-state index contributed by atoms with van der Waals surface area (Å²) in [6.07, 6.45) is 0. The molecule has 1 aromatic heterocycles. The zero-order chi connectivity index (χ0) is 15.9. The van der Waals surface area contributed by atoms with Gasteiger partial charge in [0, 0.05) is 17.3 Å². The van der Waals surface area contributed by atoms with Crippen LogP contribution in [0.3, 0.4) is 0 Å². The zero-order valence-corrected chi connectivity index (χ0v) is 14.6. The molecule has 0 bridgehead atoms. The SMILES string of the molecule is Cc1n[nH]c(C)c1S(=O)(=O)N1CCSC1c1ccc(Cl)cc1. The van der Waals surface area contributed by atoms with Crippen molar-refractivity contribution in [3.8, 4) is 0 Å². The molecule has 0 spiro atoms. The maximum absolute atomic E-state index is 13.0. The molecular formula is C14H16ClN3O2S2. The van der Waals surface area contributed by atoms with Gasteiger partial charge in [0.1, 0.15) is 4.90 Å². The van der Waals surface area contributed by atoms with Crippen LogP contribution in [0.25, 0.3) is 0 Å². The van der Waals surface area contributed by atoms with Crippen LogP contribution in [0.15, 0.2) is 29.2 Å². The molecule has 1 saturated heterocycles. The summed E-state index contributed by atoms with van der Waals surface area (Å²) in [6, 6.07) is 7.33. The number of thioether (sulfide) groups is 1. The third-order valence-corrected chi connectivity index (χ3v) is 7.41. The fourth-order valence-corrected chi connectivity index (χ4v) is 6.33. The Morgan fingerprint density at radius 2 is 2.00 bits per heavy atom. The molecule has 0 aliphatic carbocycles. The van der Waals surface area contributed by atoms with Gasteiger partial charge in [-0.15, -0.1) is 11.8 Å². The molecule has 1 aliphatic rings. The van der Waals surface area contributed by atoms with Crippen LogP contribution in [0.2, 0.25) is 5.02 Å². The number of aromatic amines is 1. The molecule has 1 fully saturated rings. The largest absolute Gasteiger partial charge is 0.281 e. The Kier molecular flexibility index (Phi) is 4.24. The number of halogens is 1. The lowest BCUT2D eigenvalue weighted by Gasteiger charge is -2.23. The lowest BCUT2D eigenvalue weighted by Crippen LogP contribution is -2.31. The van der Waals surface area contributed by atoms with Gasteiger partial charge in [-0.25, -0.2) is 8.42 Å². The Hall–Kier alpha value is -1.02. The van der Waals surface area contributed by atoms with E-state index >= 15 is 0 Å². The number of nitrogens with zero attached hydrogens (tertiary/aromatic N) is 2. The van der Waals surface area contributed by atoms with E-state index in [1.807, 2.05) is 12.1 Å².